The highest BCUT2D eigenvalue weighted by atomic mass is 16.1. The smallest absolute Gasteiger partial charge is 0.234 e. The van der Waals surface area contributed by atoms with Crippen molar-refractivity contribution in [2.45, 2.75) is 45.2 Å². The van der Waals surface area contributed by atoms with Crippen molar-refractivity contribution in [1.82, 2.24) is 5.32 Å². The Balaban J connectivity index is 2.30. The van der Waals surface area contributed by atoms with Crippen LogP contribution in [-0.4, -0.2) is 18.0 Å². The summed E-state index contributed by atoms with van der Waals surface area (Å²) < 4.78 is 0. The Morgan fingerprint density at radius 1 is 1.67 bits per heavy atom. The minimum Gasteiger partial charge on any atom is -0.368 e. The van der Waals surface area contributed by atoms with E-state index in [0.29, 0.717) is 6.04 Å². The molecule has 0 aliphatic heterocycles. The van der Waals surface area contributed by atoms with E-state index in [4.69, 9.17) is 5.73 Å². The molecule has 0 radical (unpaired) electrons. The van der Waals surface area contributed by atoms with Crippen molar-refractivity contribution in [2.75, 3.05) is 0 Å². The number of rotatable bonds is 5. The van der Waals surface area contributed by atoms with E-state index in [2.05, 4.69) is 12.2 Å². The third kappa shape index (κ3) is 2.48. The molecule has 1 rings (SSSR count). The van der Waals surface area contributed by atoms with Crippen molar-refractivity contribution < 1.29 is 4.79 Å². The number of amides is 1. The maximum atomic E-state index is 10.9. The molecule has 0 heterocycles. The molecule has 3 N–H and O–H groups in total. The molecule has 12 heavy (non-hydrogen) atoms. The Kier molecular flexibility index (Phi) is 3.09. The van der Waals surface area contributed by atoms with Crippen molar-refractivity contribution in [2.24, 2.45) is 11.7 Å². The molecule has 3 heteroatoms. The van der Waals surface area contributed by atoms with E-state index in [0.717, 1.165) is 12.3 Å². The van der Waals surface area contributed by atoms with E-state index >= 15 is 0 Å². The van der Waals surface area contributed by atoms with E-state index in [1.54, 1.807) is 0 Å². The number of hydrogen-bond donors (Lipinski definition) is 2. The fourth-order valence-electron chi connectivity index (χ4n) is 1.45. The largest absolute Gasteiger partial charge is 0.368 e. The number of nitrogens with two attached hydrogens (primary N) is 1. The molecule has 3 nitrogen and oxygen atoms in total. The van der Waals surface area contributed by atoms with Crippen LogP contribution in [0.3, 0.4) is 0 Å². The molecular weight excluding hydrogens is 152 g/mol. The van der Waals surface area contributed by atoms with Crippen LogP contribution in [0.4, 0.5) is 0 Å². The van der Waals surface area contributed by atoms with Crippen LogP contribution in [0.2, 0.25) is 0 Å². The fraction of sp³-hybridized carbons (Fsp3) is 0.889. The first-order valence-electron chi connectivity index (χ1n) is 4.70. The quantitative estimate of drug-likeness (QED) is 0.636. The van der Waals surface area contributed by atoms with Gasteiger partial charge in [0.25, 0.3) is 0 Å². The van der Waals surface area contributed by atoms with Gasteiger partial charge in [0.05, 0.1) is 6.04 Å². The Morgan fingerprint density at radius 3 is 2.58 bits per heavy atom. The van der Waals surface area contributed by atoms with Gasteiger partial charge in [0.15, 0.2) is 0 Å². The van der Waals surface area contributed by atoms with Crippen molar-refractivity contribution in [3.63, 3.8) is 0 Å². The van der Waals surface area contributed by atoms with Gasteiger partial charge >= 0.3 is 0 Å². The Labute approximate surface area is 73.7 Å². The molecule has 2 unspecified atom stereocenters. The van der Waals surface area contributed by atoms with Gasteiger partial charge in [-0.2, -0.15) is 0 Å². The zero-order chi connectivity index (χ0) is 9.14. The van der Waals surface area contributed by atoms with Crippen LogP contribution in [0.5, 0.6) is 0 Å². The van der Waals surface area contributed by atoms with Gasteiger partial charge in [0.2, 0.25) is 5.91 Å². The highest BCUT2D eigenvalue weighted by Gasteiger charge is 2.29. The minimum absolute atomic E-state index is 0.138. The molecule has 1 saturated carbocycles. The lowest BCUT2D eigenvalue weighted by atomic mass is 10.1. The van der Waals surface area contributed by atoms with E-state index in [1.807, 2.05) is 6.92 Å². The summed E-state index contributed by atoms with van der Waals surface area (Å²) in [6.07, 6.45) is 3.37. The molecule has 1 amide bonds. The molecule has 0 aromatic heterocycles. The highest BCUT2D eigenvalue weighted by molar-refractivity contribution is 5.79. The summed E-state index contributed by atoms with van der Waals surface area (Å²) in [6, 6.07) is 0.308. The zero-order valence-electron chi connectivity index (χ0n) is 7.84. The van der Waals surface area contributed by atoms with Gasteiger partial charge < -0.3 is 11.1 Å². The predicted octanol–water partition coefficient (Wildman–Crippen LogP) is 0.638. The second-order valence-corrected chi connectivity index (χ2v) is 3.66. The van der Waals surface area contributed by atoms with Gasteiger partial charge in [-0.15, -0.1) is 0 Å². The maximum Gasteiger partial charge on any atom is 0.234 e. The van der Waals surface area contributed by atoms with E-state index in [9.17, 15) is 4.79 Å². The molecule has 0 bridgehead atoms. The summed E-state index contributed by atoms with van der Waals surface area (Å²) in [5, 5.41) is 3.25. The lowest BCUT2D eigenvalue weighted by molar-refractivity contribution is -0.120. The third-order valence-corrected chi connectivity index (χ3v) is 2.54. The van der Waals surface area contributed by atoms with Crippen LogP contribution >= 0.6 is 0 Å². The zero-order valence-corrected chi connectivity index (χ0v) is 7.84. The number of nitrogens with one attached hydrogen (secondary N) is 1. The normalized spacial score (nSPS) is 21.8. The summed E-state index contributed by atoms with van der Waals surface area (Å²) in [7, 11) is 0. The first-order valence-corrected chi connectivity index (χ1v) is 4.70. The first-order chi connectivity index (χ1) is 5.65. The molecule has 0 saturated heterocycles. The van der Waals surface area contributed by atoms with Crippen molar-refractivity contribution in [3.8, 4) is 0 Å². The monoisotopic (exact) mass is 170 g/mol. The number of hydrogen-bond acceptors (Lipinski definition) is 2. The Hall–Kier alpha value is -0.570. The van der Waals surface area contributed by atoms with Crippen molar-refractivity contribution >= 4 is 5.91 Å². The molecule has 2 atom stereocenters. The third-order valence-electron chi connectivity index (χ3n) is 2.54. The molecule has 0 aromatic rings. The topological polar surface area (TPSA) is 55.1 Å². The first kappa shape index (κ1) is 9.52. The van der Waals surface area contributed by atoms with Gasteiger partial charge in [-0.1, -0.05) is 6.92 Å². The number of carbonyl (C=O) groups excluding carboxylic acids is 1. The van der Waals surface area contributed by atoms with Gasteiger partial charge in [0.1, 0.15) is 0 Å². The standard InChI is InChI=1S/C9H18N2O/c1-3-8(9(10)12)11-6(2)7-4-5-7/h6-8,11H,3-5H2,1-2H3,(H2,10,12). The van der Waals surface area contributed by atoms with Gasteiger partial charge in [0, 0.05) is 6.04 Å². The van der Waals surface area contributed by atoms with Crippen LogP contribution in [-0.2, 0) is 4.79 Å². The minimum atomic E-state index is -0.231. The fourth-order valence-corrected chi connectivity index (χ4v) is 1.45. The second kappa shape index (κ2) is 3.90. The predicted molar refractivity (Wildman–Crippen MR) is 48.6 cm³/mol. The van der Waals surface area contributed by atoms with Crippen LogP contribution in [0.1, 0.15) is 33.1 Å². The number of carbonyl (C=O) groups is 1. The summed E-state index contributed by atoms with van der Waals surface area (Å²) >= 11 is 0. The summed E-state index contributed by atoms with van der Waals surface area (Å²) in [4.78, 5) is 10.9. The molecule has 0 aromatic carbocycles. The molecule has 1 aliphatic rings. The van der Waals surface area contributed by atoms with Crippen molar-refractivity contribution in [3.05, 3.63) is 0 Å². The van der Waals surface area contributed by atoms with Crippen molar-refractivity contribution in [1.29, 1.82) is 0 Å². The Morgan fingerprint density at radius 2 is 2.25 bits per heavy atom. The van der Waals surface area contributed by atoms with Gasteiger partial charge in [-0.3, -0.25) is 4.79 Å². The molecule has 1 aliphatic carbocycles. The lowest BCUT2D eigenvalue weighted by Gasteiger charge is -2.18. The van der Waals surface area contributed by atoms with E-state index < -0.39 is 0 Å². The molecule has 70 valence electrons. The van der Waals surface area contributed by atoms with Crippen LogP contribution in [0, 0.1) is 5.92 Å². The van der Waals surface area contributed by atoms with E-state index in [-0.39, 0.29) is 11.9 Å². The van der Waals surface area contributed by atoms with Crippen LogP contribution in [0.15, 0.2) is 0 Å². The highest BCUT2D eigenvalue weighted by Crippen LogP contribution is 2.32. The average Bonchev–Trinajstić information content (AvgIpc) is 2.80. The van der Waals surface area contributed by atoms with Gasteiger partial charge in [-0.05, 0) is 32.1 Å². The van der Waals surface area contributed by atoms with Crippen LogP contribution < -0.4 is 11.1 Å². The molecule has 0 spiro atoms. The van der Waals surface area contributed by atoms with Gasteiger partial charge in [-0.25, -0.2) is 0 Å². The molecular formula is C9H18N2O. The summed E-state index contributed by atoms with van der Waals surface area (Å²) in [5.74, 6) is 0.545. The van der Waals surface area contributed by atoms with E-state index in [1.165, 1.54) is 12.8 Å². The Bertz CT molecular complexity index is 166. The lowest BCUT2D eigenvalue weighted by Crippen LogP contribution is -2.45. The number of primary amides is 1. The SMILES string of the molecule is CCC(NC(C)C1CC1)C(N)=O. The summed E-state index contributed by atoms with van der Waals surface area (Å²) in [5.41, 5.74) is 5.21. The van der Waals surface area contributed by atoms with Crippen LogP contribution in [0.25, 0.3) is 0 Å². The average molecular weight is 170 g/mol. The second-order valence-electron chi connectivity index (χ2n) is 3.66. The maximum absolute atomic E-state index is 10.9. The molecule has 1 fully saturated rings. The summed E-state index contributed by atoms with van der Waals surface area (Å²) in [6.45, 7) is 4.10.